The van der Waals surface area contributed by atoms with Crippen LogP contribution in [0.1, 0.15) is 52.9 Å². The fourth-order valence-corrected chi connectivity index (χ4v) is 2.78. The summed E-state index contributed by atoms with van der Waals surface area (Å²) in [7, 11) is 0. The Hall–Kier alpha value is -0.900. The minimum Gasteiger partial charge on any atom is -0.343 e. The molecule has 4 nitrogen and oxygen atoms in total. The van der Waals surface area contributed by atoms with E-state index in [1.165, 1.54) is 0 Å². The van der Waals surface area contributed by atoms with E-state index < -0.39 is 0 Å². The maximum absolute atomic E-state index is 12.2. The molecule has 1 saturated heterocycles. The molecule has 0 radical (unpaired) electrons. The van der Waals surface area contributed by atoms with E-state index in [2.05, 4.69) is 26.1 Å². The first-order chi connectivity index (χ1) is 9.34. The molecule has 1 amide bonds. The van der Waals surface area contributed by atoms with Crippen molar-refractivity contribution in [3.8, 4) is 0 Å². The van der Waals surface area contributed by atoms with Gasteiger partial charge in [-0.2, -0.15) is 0 Å². The maximum Gasteiger partial charge on any atom is 0.223 e. The van der Waals surface area contributed by atoms with E-state index in [0.717, 1.165) is 45.3 Å². The van der Waals surface area contributed by atoms with E-state index in [1.807, 2.05) is 4.90 Å². The number of nitrogens with zero attached hydrogens (tertiary/aromatic N) is 1. The van der Waals surface area contributed by atoms with Gasteiger partial charge >= 0.3 is 0 Å². The molecule has 114 valence electrons. The van der Waals surface area contributed by atoms with Gasteiger partial charge in [-0.05, 0) is 31.1 Å². The number of nitrogens with one attached hydrogen (secondary N) is 2. The highest BCUT2D eigenvalue weighted by Gasteiger charge is 2.40. The van der Waals surface area contributed by atoms with Crippen molar-refractivity contribution in [1.29, 1.82) is 5.41 Å². The predicted octanol–water partition coefficient (Wildman–Crippen LogP) is 2.43. The molecule has 1 saturated carbocycles. The second-order valence-corrected chi connectivity index (χ2v) is 7.78. The summed E-state index contributed by atoms with van der Waals surface area (Å²) in [4.78, 5) is 14.2. The number of piperidine rings is 1. The first kappa shape index (κ1) is 15.5. The quantitative estimate of drug-likeness (QED) is 0.759. The molecule has 2 rings (SSSR count). The molecule has 0 unspecified atom stereocenters. The van der Waals surface area contributed by atoms with Crippen molar-refractivity contribution >= 4 is 12.1 Å². The summed E-state index contributed by atoms with van der Waals surface area (Å²) in [5.74, 6) is 0.300. The van der Waals surface area contributed by atoms with E-state index in [9.17, 15) is 4.79 Å². The summed E-state index contributed by atoms with van der Waals surface area (Å²) in [5, 5.41) is 11.0. The Labute approximate surface area is 122 Å². The Balaban J connectivity index is 1.69. The molecule has 1 aliphatic carbocycles. The Kier molecular flexibility index (Phi) is 4.52. The lowest BCUT2D eigenvalue weighted by molar-refractivity contribution is -0.134. The normalized spacial score (nSPS) is 22.6. The highest BCUT2D eigenvalue weighted by Crippen LogP contribution is 2.42. The molecule has 2 aliphatic rings. The third kappa shape index (κ3) is 4.30. The standard InChI is InChI=1S/C16H29N3O/c1-15(2,3)10-14(20)19-8-4-13(5-9-19)18-12-16(11-17)6-7-16/h11,13,17-18H,4-10,12H2,1-3H3. The summed E-state index contributed by atoms with van der Waals surface area (Å²) in [6.45, 7) is 9.05. The average molecular weight is 279 g/mol. The SMILES string of the molecule is CC(C)(C)CC(=O)N1CCC(NCC2(C=N)CC2)CC1. The maximum atomic E-state index is 12.2. The van der Waals surface area contributed by atoms with Crippen molar-refractivity contribution in [1.82, 2.24) is 10.2 Å². The fraction of sp³-hybridized carbons (Fsp3) is 0.875. The number of carbonyl (C=O) groups excluding carboxylic acids is 1. The molecule has 0 spiro atoms. The molecular formula is C16H29N3O. The minimum absolute atomic E-state index is 0.0779. The first-order valence-corrected chi connectivity index (χ1v) is 7.86. The number of amides is 1. The lowest BCUT2D eigenvalue weighted by Crippen LogP contribution is -2.46. The Bertz CT molecular complexity index is 360. The highest BCUT2D eigenvalue weighted by atomic mass is 16.2. The Morgan fingerprint density at radius 2 is 1.95 bits per heavy atom. The van der Waals surface area contributed by atoms with Gasteiger partial charge in [0.1, 0.15) is 0 Å². The van der Waals surface area contributed by atoms with Crippen LogP contribution in [0.15, 0.2) is 0 Å². The second kappa shape index (κ2) is 5.84. The van der Waals surface area contributed by atoms with Gasteiger partial charge in [0.2, 0.25) is 5.91 Å². The van der Waals surface area contributed by atoms with Crippen LogP contribution in [0.4, 0.5) is 0 Å². The molecule has 20 heavy (non-hydrogen) atoms. The van der Waals surface area contributed by atoms with Gasteiger partial charge in [0, 0.05) is 43.7 Å². The fourth-order valence-electron chi connectivity index (χ4n) is 2.78. The molecular weight excluding hydrogens is 250 g/mol. The molecule has 0 bridgehead atoms. The van der Waals surface area contributed by atoms with Crippen molar-refractivity contribution in [2.75, 3.05) is 19.6 Å². The van der Waals surface area contributed by atoms with E-state index >= 15 is 0 Å². The Morgan fingerprint density at radius 1 is 1.35 bits per heavy atom. The van der Waals surface area contributed by atoms with Gasteiger partial charge in [0.05, 0.1) is 0 Å². The van der Waals surface area contributed by atoms with Gasteiger partial charge in [0.25, 0.3) is 0 Å². The van der Waals surface area contributed by atoms with Gasteiger partial charge in [-0.3, -0.25) is 4.79 Å². The number of hydrogen-bond donors (Lipinski definition) is 2. The minimum atomic E-state index is 0.0779. The lowest BCUT2D eigenvalue weighted by atomic mass is 9.91. The van der Waals surface area contributed by atoms with Gasteiger partial charge in [0.15, 0.2) is 0 Å². The highest BCUT2D eigenvalue weighted by molar-refractivity contribution is 5.76. The van der Waals surface area contributed by atoms with Crippen molar-refractivity contribution in [2.24, 2.45) is 10.8 Å². The molecule has 2 N–H and O–H groups in total. The molecule has 0 atom stereocenters. The summed E-state index contributed by atoms with van der Waals surface area (Å²) in [6, 6.07) is 0.520. The van der Waals surface area contributed by atoms with Crippen LogP contribution in [0, 0.1) is 16.2 Å². The zero-order valence-corrected chi connectivity index (χ0v) is 13.2. The van der Waals surface area contributed by atoms with E-state index in [4.69, 9.17) is 5.41 Å². The average Bonchev–Trinajstić information content (AvgIpc) is 3.16. The number of hydrogen-bond acceptors (Lipinski definition) is 3. The third-order valence-corrected chi connectivity index (χ3v) is 4.47. The van der Waals surface area contributed by atoms with Gasteiger partial charge in [-0.15, -0.1) is 0 Å². The summed E-state index contributed by atoms with van der Waals surface area (Å²) < 4.78 is 0. The second-order valence-electron chi connectivity index (χ2n) is 7.78. The summed E-state index contributed by atoms with van der Waals surface area (Å²) in [5.41, 5.74) is 0.244. The molecule has 0 aromatic rings. The summed E-state index contributed by atoms with van der Waals surface area (Å²) in [6.07, 6.45) is 6.66. The predicted molar refractivity (Wildman–Crippen MR) is 82.1 cm³/mol. The zero-order chi connectivity index (χ0) is 14.8. The molecule has 4 heteroatoms. The van der Waals surface area contributed by atoms with Crippen LogP contribution in [-0.4, -0.2) is 42.7 Å². The van der Waals surface area contributed by atoms with E-state index in [-0.39, 0.29) is 10.8 Å². The molecule has 0 aromatic heterocycles. The third-order valence-electron chi connectivity index (χ3n) is 4.47. The van der Waals surface area contributed by atoms with Crippen LogP contribution in [0.25, 0.3) is 0 Å². The summed E-state index contributed by atoms with van der Waals surface area (Å²) >= 11 is 0. The van der Waals surface area contributed by atoms with Gasteiger partial charge in [-0.25, -0.2) is 0 Å². The van der Waals surface area contributed by atoms with Gasteiger partial charge in [-0.1, -0.05) is 20.8 Å². The molecule has 1 aliphatic heterocycles. The van der Waals surface area contributed by atoms with Crippen molar-refractivity contribution in [2.45, 2.75) is 58.9 Å². The van der Waals surface area contributed by atoms with Crippen LogP contribution >= 0.6 is 0 Å². The van der Waals surface area contributed by atoms with Crippen molar-refractivity contribution in [3.05, 3.63) is 0 Å². The van der Waals surface area contributed by atoms with E-state index in [0.29, 0.717) is 18.4 Å². The first-order valence-electron chi connectivity index (χ1n) is 7.86. The van der Waals surface area contributed by atoms with Crippen molar-refractivity contribution < 1.29 is 4.79 Å². The lowest BCUT2D eigenvalue weighted by Gasteiger charge is -2.34. The van der Waals surface area contributed by atoms with Crippen LogP contribution in [-0.2, 0) is 4.79 Å². The number of rotatable bonds is 5. The topological polar surface area (TPSA) is 56.2 Å². The van der Waals surface area contributed by atoms with Crippen molar-refractivity contribution in [3.63, 3.8) is 0 Å². The van der Waals surface area contributed by atoms with Crippen LogP contribution in [0.3, 0.4) is 0 Å². The molecule has 2 fully saturated rings. The largest absolute Gasteiger partial charge is 0.343 e. The van der Waals surface area contributed by atoms with Crippen LogP contribution in [0.5, 0.6) is 0 Å². The molecule has 1 heterocycles. The van der Waals surface area contributed by atoms with E-state index in [1.54, 1.807) is 6.21 Å². The van der Waals surface area contributed by atoms with Crippen LogP contribution < -0.4 is 5.32 Å². The Morgan fingerprint density at radius 3 is 2.40 bits per heavy atom. The van der Waals surface area contributed by atoms with Crippen LogP contribution in [0.2, 0.25) is 0 Å². The molecule has 0 aromatic carbocycles. The zero-order valence-electron chi connectivity index (χ0n) is 13.2. The van der Waals surface area contributed by atoms with Gasteiger partial charge < -0.3 is 15.6 Å². The monoisotopic (exact) mass is 279 g/mol. The number of likely N-dealkylation sites (tertiary alicyclic amines) is 1. The smallest absolute Gasteiger partial charge is 0.223 e. The number of carbonyl (C=O) groups is 1.